The van der Waals surface area contributed by atoms with Gasteiger partial charge in [-0.15, -0.1) is 0 Å². The fraction of sp³-hybridized carbons (Fsp3) is 0.308. The van der Waals surface area contributed by atoms with Crippen molar-refractivity contribution in [2.45, 2.75) is 20.8 Å². The van der Waals surface area contributed by atoms with Gasteiger partial charge in [0, 0.05) is 49.0 Å². The zero-order valence-corrected chi connectivity index (χ0v) is 20.4. The predicted octanol–water partition coefficient (Wildman–Crippen LogP) is 4.73. The number of rotatable bonds is 6. The van der Waals surface area contributed by atoms with Crippen LogP contribution in [-0.2, 0) is 0 Å². The highest BCUT2D eigenvalue weighted by atomic mass is 16.2. The Morgan fingerprint density at radius 2 is 1.91 bits per heavy atom. The lowest BCUT2D eigenvalue weighted by molar-refractivity contribution is 0.0659. The SMILES string of the molecule is C=N/C(=C\C(=C)C)c1ccnc(Nc2ccc3[nH]c(C(=O)N4CCN(C)CC4)cc3c2)n1.CC. The molecule has 0 radical (unpaired) electrons. The number of carbonyl (C=O) groups excluding carboxylic acids is 1. The van der Waals surface area contributed by atoms with Crippen LogP contribution in [0.1, 0.15) is 37.0 Å². The third-order valence-electron chi connectivity index (χ3n) is 5.37. The first-order valence-corrected chi connectivity index (χ1v) is 11.5. The summed E-state index contributed by atoms with van der Waals surface area (Å²) in [5, 5.41) is 4.17. The molecule has 0 saturated carbocycles. The maximum Gasteiger partial charge on any atom is 0.270 e. The smallest absolute Gasteiger partial charge is 0.270 e. The van der Waals surface area contributed by atoms with E-state index >= 15 is 0 Å². The molecule has 1 aliphatic heterocycles. The number of aliphatic imine (C=N–C) groups is 1. The van der Waals surface area contributed by atoms with Crippen LogP contribution < -0.4 is 5.32 Å². The van der Waals surface area contributed by atoms with Gasteiger partial charge < -0.3 is 20.1 Å². The molecule has 2 aromatic heterocycles. The van der Waals surface area contributed by atoms with Gasteiger partial charge in [0.15, 0.2) is 0 Å². The highest BCUT2D eigenvalue weighted by molar-refractivity contribution is 5.98. The molecule has 0 aliphatic carbocycles. The lowest BCUT2D eigenvalue weighted by atomic mass is 10.2. The molecule has 2 N–H and O–H groups in total. The molecule has 0 atom stereocenters. The van der Waals surface area contributed by atoms with Crippen molar-refractivity contribution in [1.82, 2.24) is 24.8 Å². The zero-order chi connectivity index (χ0) is 24.7. The number of aromatic nitrogens is 3. The third-order valence-corrected chi connectivity index (χ3v) is 5.37. The average molecular weight is 460 g/mol. The number of amides is 1. The van der Waals surface area contributed by atoms with Gasteiger partial charge in [-0.2, -0.15) is 0 Å². The number of nitrogens with one attached hydrogen (secondary N) is 2. The van der Waals surface area contributed by atoms with Crippen molar-refractivity contribution in [2.75, 3.05) is 38.5 Å². The number of anilines is 2. The number of hydrogen-bond donors (Lipinski definition) is 2. The molecule has 8 heteroatoms. The van der Waals surface area contributed by atoms with Crippen molar-refractivity contribution in [3.8, 4) is 0 Å². The summed E-state index contributed by atoms with van der Waals surface area (Å²) < 4.78 is 0. The first-order valence-electron chi connectivity index (χ1n) is 11.5. The van der Waals surface area contributed by atoms with Crippen molar-refractivity contribution < 1.29 is 4.79 Å². The van der Waals surface area contributed by atoms with Crippen molar-refractivity contribution in [2.24, 2.45) is 4.99 Å². The number of hydrogen-bond acceptors (Lipinski definition) is 6. The van der Waals surface area contributed by atoms with Crippen LogP contribution in [0.4, 0.5) is 11.6 Å². The molecule has 178 valence electrons. The highest BCUT2D eigenvalue weighted by Gasteiger charge is 2.21. The number of benzene rings is 1. The summed E-state index contributed by atoms with van der Waals surface area (Å²) in [6.45, 7) is 16.7. The second-order valence-electron chi connectivity index (χ2n) is 8.01. The number of piperazine rings is 1. The van der Waals surface area contributed by atoms with Crippen LogP contribution in [0.5, 0.6) is 0 Å². The number of nitrogens with zero attached hydrogens (tertiary/aromatic N) is 5. The topological polar surface area (TPSA) is 89.5 Å². The van der Waals surface area contributed by atoms with Gasteiger partial charge in [0.1, 0.15) is 5.69 Å². The molecule has 4 rings (SSSR count). The Morgan fingerprint density at radius 1 is 1.18 bits per heavy atom. The number of fused-ring (bicyclic) bond motifs is 1. The number of likely N-dealkylation sites (N-methyl/N-ethyl adjacent to an activating group) is 1. The molecule has 3 heterocycles. The minimum Gasteiger partial charge on any atom is -0.351 e. The van der Waals surface area contributed by atoms with E-state index in [1.54, 1.807) is 12.3 Å². The number of aromatic amines is 1. The summed E-state index contributed by atoms with van der Waals surface area (Å²) in [6.07, 6.45) is 3.49. The number of carbonyl (C=O) groups is 1. The summed E-state index contributed by atoms with van der Waals surface area (Å²) in [7, 11) is 2.07. The minimum absolute atomic E-state index is 0.0357. The first-order chi connectivity index (χ1) is 16.4. The maximum atomic E-state index is 12.9. The van der Waals surface area contributed by atoms with Gasteiger partial charge in [-0.3, -0.25) is 9.79 Å². The molecule has 1 aromatic carbocycles. The maximum absolute atomic E-state index is 12.9. The molecule has 1 aliphatic rings. The molecule has 0 bridgehead atoms. The van der Waals surface area contributed by atoms with E-state index in [1.165, 1.54) is 0 Å². The molecule has 3 aromatic rings. The Labute approximate surface area is 201 Å². The molecule has 0 spiro atoms. The Kier molecular flexibility index (Phi) is 8.32. The Balaban J connectivity index is 0.00000158. The average Bonchev–Trinajstić information content (AvgIpc) is 3.27. The quantitative estimate of drug-likeness (QED) is 0.411. The molecule has 34 heavy (non-hydrogen) atoms. The van der Waals surface area contributed by atoms with E-state index < -0.39 is 0 Å². The molecule has 1 saturated heterocycles. The lowest BCUT2D eigenvalue weighted by Crippen LogP contribution is -2.47. The van der Waals surface area contributed by atoms with Crippen LogP contribution in [0.2, 0.25) is 0 Å². The summed E-state index contributed by atoms with van der Waals surface area (Å²) in [6, 6.07) is 9.52. The zero-order valence-electron chi connectivity index (χ0n) is 20.4. The molecular formula is C26H33N7O. The number of allylic oxidation sites excluding steroid dienone is 2. The standard InChI is InChI=1S/C24H27N7O.C2H6/c1-16(2)13-21(25-3)20-7-8-26-24(29-20)27-18-5-6-19-17(14-18)15-22(28-19)23(32)31-11-9-30(4)10-12-31;1-2/h5-8,13-15,28H,1,3,9-12H2,2,4H3,(H,26,27,29);1-2H3/b21-13-;. The Morgan fingerprint density at radius 3 is 2.59 bits per heavy atom. The molecule has 1 fully saturated rings. The van der Waals surface area contributed by atoms with E-state index in [-0.39, 0.29) is 5.91 Å². The largest absolute Gasteiger partial charge is 0.351 e. The summed E-state index contributed by atoms with van der Waals surface area (Å²) in [5.41, 5.74) is 4.49. The van der Waals surface area contributed by atoms with Crippen LogP contribution in [0.15, 0.2) is 59.7 Å². The summed E-state index contributed by atoms with van der Waals surface area (Å²) >= 11 is 0. The van der Waals surface area contributed by atoms with E-state index in [4.69, 9.17) is 0 Å². The third kappa shape index (κ3) is 5.96. The molecular weight excluding hydrogens is 426 g/mol. The van der Waals surface area contributed by atoms with Gasteiger partial charge in [-0.1, -0.05) is 26.0 Å². The van der Waals surface area contributed by atoms with Crippen LogP contribution in [-0.4, -0.2) is 70.6 Å². The van der Waals surface area contributed by atoms with Gasteiger partial charge in [-0.05, 0) is 57.1 Å². The van der Waals surface area contributed by atoms with Crippen molar-refractivity contribution in [1.29, 1.82) is 0 Å². The second kappa shape index (κ2) is 11.4. The van der Waals surface area contributed by atoms with Crippen molar-refractivity contribution >= 4 is 40.9 Å². The fourth-order valence-electron chi connectivity index (χ4n) is 3.63. The molecule has 0 unspecified atom stereocenters. The lowest BCUT2D eigenvalue weighted by Gasteiger charge is -2.32. The molecule has 8 nitrogen and oxygen atoms in total. The first kappa shape index (κ1) is 24.9. The van der Waals surface area contributed by atoms with Crippen LogP contribution in [0.3, 0.4) is 0 Å². The monoisotopic (exact) mass is 459 g/mol. The fourth-order valence-corrected chi connectivity index (χ4v) is 3.63. The minimum atomic E-state index is 0.0357. The van der Waals surface area contributed by atoms with Crippen LogP contribution in [0.25, 0.3) is 16.6 Å². The van der Waals surface area contributed by atoms with E-state index in [0.29, 0.717) is 23.0 Å². The van der Waals surface area contributed by atoms with Gasteiger partial charge in [0.05, 0.1) is 11.4 Å². The summed E-state index contributed by atoms with van der Waals surface area (Å²) in [4.78, 5) is 33.1. The van der Waals surface area contributed by atoms with E-state index in [0.717, 1.165) is 48.3 Å². The second-order valence-corrected chi connectivity index (χ2v) is 8.01. The van der Waals surface area contributed by atoms with Gasteiger partial charge in [0.25, 0.3) is 5.91 Å². The highest BCUT2D eigenvalue weighted by Crippen LogP contribution is 2.24. The normalized spacial score (nSPS) is 14.4. The summed E-state index contributed by atoms with van der Waals surface area (Å²) in [5.74, 6) is 0.482. The number of H-pyrrole nitrogens is 1. The van der Waals surface area contributed by atoms with Crippen LogP contribution >= 0.6 is 0 Å². The van der Waals surface area contributed by atoms with Gasteiger partial charge in [-0.25, -0.2) is 9.97 Å². The van der Waals surface area contributed by atoms with Gasteiger partial charge in [0.2, 0.25) is 5.95 Å². The Bertz CT molecular complexity index is 1200. The van der Waals surface area contributed by atoms with Gasteiger partial charge >= 0.3 is 0 Å². The predicted molar refractivity (Wildman–Crippen MR) is 141 cm³/mol. The van der Waals surface area contributed by atoms with E-state index in [9.17, 15) is 4.79 Å². The van der Waals surface area contributed by atoms with Crippen molar-refractivity contribution in [3.63, 3.8) is 0 Å². The molecule has 1 amide bonds. The van der Waals surface area contributed by atoms with Crippen molar-refractivity contribution in [3.05, 3.63) is 66.1 Å². The van der Waals surface area contributed by atoms with E-state index in [1.807, 2.05) is 56.0 Å². The Hall–Kier alpha value is -3.78. The van der Waals surface area contributed by atoms with E-state index in [2.05, 4.69) is 50.5 Å². The van der Waals surface area contributed by atoms with Crippen LogP contribution in [0, 0.1) is 0 Å².